The fourth-order valence-corrected chi connectivity index (χ4v) is 2.54. The maximum atomic E-state index is 12.2. The highest BCUT2D eigenvalue weighted by molar-refractivity contribution is 6.31. The molecule has 1 aliphatic rings. The van der Waals surface area contributed by atoms with Gasteiger partial charge in [-0.15, -0.1) is 0 Å². The van der Waals surface area contributed by atoms with E-state index in [1.165, 1.54) is 0 Å². The van der Waals surface area contributed by atoms with Crippen molar-refractivity contribution in [3.05, 3.63) is 28.8 Å². The smallest absolute Gasteiger partial charge is 0.321 e. The van der Waals surface area contributed by atoms with Crippen LogP contribution in [0.5, 0.6) is 0 Å². The second kappa shape index (κ2) is 6.95. The Morgan fingerprint density at radius 3 is 2.60 bits per heavy atom. The first kappa shape index (κ1) is 15.1. The topological polar surface area (TPSA) is 35.6 Å². The van der Waals surface area contributed by atoms with Crippen LogP contribution in [0.15, 0.2) is 18.2 Å². The van der Waals surface area contributed by atoms with E-state index < -0.39 is 0 Å². The maximum Gasteiger partial charge on any atom is 0.321 e. The number of urea groups is 1. The van der Waals surface area contributed by atoms with Crippen LogP contribution in [0.2, 0.25) is 5.02 Å². The summed E-state index contributed by atoms with van der Waals surface area (Å²) in [6.07, 6.45) is 1.16. The minimum atomic E-state index is -0.0407. The minimum Gasteiger partial charge on any atom is -0.322 e. The molecular weight excluding hydrogens is 274 g/mol. The summed E-state index contributed by atoms with van der Waals surface area (Å²) in [5.41, 5.74) is 1.76. The van der Waals surface area contributed by atoms with E-state index in [1.54, 1.807) is 6.07 Å². The number of halogens is 1. The number of carbonyl (C=O) groups excluding carboxylic acids is 1. The molecule has 1 saturated heterocycles. The van der Waals surface area contributed by atoms with Gasteiger partial charge in [0.2, 0.25) is 0 Å². The quantitative estimate of drug-likeness (QED) is 0.929. The first-order valence-electron chi connectivity index (χ1n) is 7.14. The van der Waals surface area contributed by atoms with Gasteiger partial charge in [-0.2, -0.15) is 0 Å². The molecule has 20 heavy (non-hydrogen) atoms. The summed E-state index contributed by atoms with van der Waals surface area (Å²) in [4.78, 5) is 16.4. The molecule has 0 atom stereocenters. The second-order valence-corrected chi connectivity index (χ2v) is 5.63. The van der Waals surface area contributed by atoms with Crippen LogP contribution >= 0.6 is 11.6 Å². The van der Waals surface area contributed by atoms with Gasteiger partial charge in [-0.1, -0.05) is 24.6 Å². The van der Waals surface area contributed by atoms with Gasteiger partial charge in [0.25, 0.3) is 0 Å². The lowest BCUT2D eigenvalue weighted by atomic mass is 10.2. The number of anilines is 1. The van der Waals surface area contributed by atoms with E-state index in [4.69, 9.17) is 11.6 Å². The maximum absolute atomic E-state index is 12.2. The summed E-state index contributed by atoms with van der Waals surface area (Å²) < 4.78 is 0. The molecule has 1 heterocycles. The van der Waals surface area contributed by atoms with Crippen molar-refractivity contribution in [3.63, 3.8) is 0 Å². The highest BCUT2D eigenvalue weighted by atomic mass is 35.5. The molecule has 5 heteroatoms. The molecule has 0 saturated carbocycles. The average molecular weight is 296 g/mol. The van der Waals surface area contributed by atoms with Crippen molar-refractivity contribution in [3.8, 4) is 0 Å². The molecule has 0 unspecified atom stereocenters. The van der Waals surface area contributed by atoms with Gasteiger partial charge >= 0.3 is 6.03 Å². The van der Waals surface area contributed by atoms with Crippen LogP contribution in [0.25, 0.3) is 0 Å². The predicted octanol–water partition coefficient (Wildman–Crippen LogP) is 3.21. The highest BCUT2D eigenvalue weighted by Gasteiger charge is 2.20. The summed E-state index contributed by atoms with van der Waals surface area (Å²) in [5.74, 6) is 0. The van der Waals surface area contributed by atoms with E-state index in [-0.39, 0.29) is 6.03 Å². The normalized spacial score (nSPS) is 16.2. The minimum absolute atomic E-state index is 0.0407. The number of nitrogens with zero attached hydrogens (tertiary/aromatic N) is 2. The van der Waals surface area contributed by atoms with Crippen molar-refractivity contribution in [2.75, 3.05) is 38.0 Å². The number of aryl methyl sites for hydroxylation is 1. The van der Waals surface area contributed by atoms with Crippen LogP contribution < -0.4 is 5.32 Å². The lowest BCUT2D eigenvalue weighted by Gasteiger charge is -2.34. The fraction of sp³-hybridized carbons (Fsp3) is 0.533. The summed E-state index contributed by atoms with van der Waals surface area (Å²) in [6, 6.07) is 5.55. The van der Waals surface area contributed by atoms with E-state index in [1.807, 2.05) is 24.0 Å². The van der Waals surface area contributed by atoms with Crippen LogP contribution in [-0.4, -0.2) is 48.6 Å². The Bertz CT molecular complexity index is 470. The van der Waals surface area contributed by atoms with E-state index in [9.17, 15) is 4.79 Å². The molecule has 0 aliphatic carbocycles. The third-order valence-corrected chi connectivity index (χ3v) is 4.03. The van der Waals surface area contributed by atoms with Crippen molar-refractivity contribution in [2.24, 2.45) is 0 Å². The third-order valence-electron chi connectivity index (χ3n) is 3.62. The number of amides is 2. The van der Waals surface area contributed by atoms with Crippen molar-refractivity contribution >= 4 is 23.3 Å². The number of piperazine rings is 1. The van der Waals surface area contributed by atoms with E-state index in [2.05, 4.69) is 17.1 Å². The number of benzene rings is 1. The second-order valence-electron chi connectivity index (χ2n) is 5.22. The molecule has 0 spiro atoms. The molecule has 0 bridgehead atoms. The molecule has 2 amide bonds. The lowest BCUT2D eigenvalue weighted by Crippen LogP contribution is -2.50. The number of hydrogen-bond acceptors (Lipinski definition) is 2. The van der Waals surface area contributed by atoms with Crippen LogP contribution in [-0.2, 0) is 0 Å². The first-order valence-corrected chi connectivity index (χ1v) is 7.52. The standard InChI is InChI=1S/C15H22ClN3O/c1-3-6-18-7-9-19(10-8-18)15(20)17-13-5-4-12(2)14(16)11-13/h4-5,11H,3,6-10H2,1-2H3,(H,17,20). The van der Waals surface area contributed by atoms with Crippen molar-refractivity contribution < 1.29 is 4.79 Å². The van der Waals surface area contributed by atoms with Crippen molar-refractivity contribution in [1.82, 2.24) is 9.80 Å². The number of carbonyl (C=O) groups is 1. The Balaban J connectivity index is 1.88. The van der Waals surface area contributed by atoms with Gasteiger partial charge in [0.15, 0.2) is 0 Å². The van der Waals surface area contributed by atoms with Gasteiger partial charge in [0.05, 0.1) is 0 Å². The molecule has 1 aliphatic heterocycles. The zero-order chi connectivity index (χ0) is 14.5. The summed E-state index contributed by atoms with van der Waals surface area (Å²) in [7, 11) is 0. The molecular formula is C15H22ClN3O. The Morgan fingerprint density at radius 1 is 1.30 bits per heavy atom. The molecule has 2 rings (SSSR count). The SMILES string of the molecule is CCCN1CCN(C(=O)Nc2ccc(C)c(Cl)c2)CC1. The van der Waals surface area contributed by atoms with Crippen LogP contribution in [0, 0.1) is 6.92 Å². The van der Waals surface area contributed by atoms with Crippen molar-refractivity contribution in [2.45, 2.75) is 20.3 Å². The number of hydrogen-bond donors (Lipinski definition) is 1. The van der Waals surface area contributed by atoms with E-state index >= 15 is 0 Å². The molecule has 1 N–H and O–H groups in total. The van der Waals surface area contributed by atoms with Gasteiger partial charge in [0, 0.05) is 36.9 Å². The van der Waals surface area contributed by atoms with Gasteiger partial charge in [0.1, 0.15) is 0 Å². The largest absolute Gasteiger partial charge is 0.322 e. The Labute approximate surface area is 125 Å². The molecule has 0 aromatic heterocycles. The number of nitrogens with one attached hydrogen (secondary N) is 1. The molecule has 110 valence electrons. The highest BCUT2D eigenvalue weighted by Crippen LogP contribution is 2.20. The molecule has 0 radical (unpaired) electrons. The lowest BCUT2D eigenvalue weighted by molar-refractivity contribution is 0.147. The first-order chi connectivity index (χ1) is 9.60. The van der Waals surface area contributed by atoms with Gasteiger partial charge < -0.3 is 10.2 Å². The van der Waals surface area contributed by atoms with E-state index in [0.717, 1.165) is 50.4 Å². The Morgan fingerprint density at radius 2 is 2.00 bits per heavy atom. The average Bonchev–Trinajstić information content (AvgIpc) is 2.44. The van der Waals surface area contributed by atoms with Crippen LogP contribution in [0.4, 0.5) is 10.5 Å². The number of rotatable bonds is 3. The van der Waals surface area contributed by atoms with E-state index in [0.29, 0.717) is 5.02 Å². The molecule has 1 aromatic carbocycles. The monoisotopic (exact) mass is 295 g/mol. The van der Waals surface area contributed by atoms with Gasteiger partial charge in [-0.3, -0.25) is 4.90 Å². The summed E-state index contributed by atoms with van der Waals surface area (Å²) in [6.45, 7) is 8.72. The molecule has 4 nitrogen and oxygen atoms in total. The third kappa shape index (κ3) is 3.87. The Hall–Kier alpha value is -1.26. The molecule has 1 fully saturated rings. The summed E-state index contributed by atoms with van der Waals surface area (Å²) in [5, 5.41) is 3.59. The zero-order valence-electron chi connectivity index (χ0n) is 12.2. The fourth-order valence-electron chi connectivity index (χ4n) is 2.36. The zero-order valence-corrected chi connectivity index (χ0v) is 12.9. The van der Waals surface area contributed by atoms with Gasteiger partial charge in [-0.05, 0) is 37.6 Å². The predicted molar refractivity (Wildman–Crippen MR) is 83.5 cm³/mol. The van der Waals surface area contributed by atoms with Crippen LogP contribution in [0.1, 0.15) is 18.9 Å². The van der Waals surface area contributed by atoms with Crippen molar-refractivity contribution in [1.29, 1.82) is 0 Å². The molecule has 1 aromatic rings. The van der Waals surface area contributed by atoms with Crippen LogP contribution in [0.3, 0.4) is 0 Å². The van der Waals surface area contributed by atoms with Gasteiger partial charge in [-0.25, -0.2) is 4.79 Å². The summed E-state index contributed by atoms with van der Waals surface area (Å²) >= 11 is 6.07. The Kier molecular flexibility index (Phi) is 5.26.